The van der Waals surface area contributed by atoms with Crippen molar-refractivity contribution in [2.75, 3.05) is 26.8 Å². The van der Waals surface area contributed by atoms with E-state index in [1.807, 2.05) is 24.3 Å². The quantitative estimate of drug-likeness (QED) is 0.728. The van der Waals surface area contributed by atoms with Crippen molar-refractivity contribution in [3.63, 3.8) is 0 Å². The Kier molecular flexibility index (Phi) is 4.85. The van der Waals surface area contributed by atoms with Crippen LogP contribution in [0.3, 0.4) is 0 Å². The van der Waals surface area contributed by atoms with Crippen LogP contribution in [-0.2, 0) is 12.1 Å². The van der Waals surface area contributed by atoms with Crippen molar-refractivity contribution in [2.24, 2.45) is 5.92 Å². The molecule has 2 atom stereocenters. The number of hydrogen-bond acceptors (Lipinski definition) is 6. The summed E-state index contributed by atoms with van der Waals surface area (Å²) < 4.78 is 5.19. The van der Waals surface area contributed by atoms with Gasteiger partial charge in [-0.1, -0.05) is 12.1 Å². The van der Waals surface area contributed by atoms with Crippen LogP contribution in [0.4, 0.5) is 0 Å². The number of benzene rings is 1. The largest absolute Gasteiger partial charge is 0.497 e. The molecule has 2 unspecified atom stereocenters. The summed E-state index contributed by atoms with van der Waals surface area (Å²) >= 11 is 0. The molecule has 122 valence electrons. The molecule has 2 heterocycles. The highest BCUT2D eigenvalue weighted by Crippen LogP contribution is 2.31. The summed E-state index contributed by atoms with van der Waals surface area (Å²) in [4.78, 5) is 8.67. The molecule has 0 spiro atoms. The first-order valence-electron chi connectivity index (χ1n) is 7.74. The Morgan fingerprint density at radius 1 is 1.35 bits per heavy atom. The highest BCUT2D eigenvalue weighted by atomic mass is 16.5. The van der Waals surface area contributed by atoms with Crippen molar-refractivity contribution in [3.8, 4) is 5.75 Å². The summed E-state index contributed by atoms with van der Waals surface area (Å²) in [6, 6.07) is 7.96. The van der Waals surface area contributed by atoms with Crippen LogP contribution in [-0.4, -0.2) is 41.9 Å². The van der Waals surface area contributed by atoms with Gasteiger partial charge in [-0.3, -0.25) is 9.97 Å². The summed E-state index contributed by atoms with van der Waals surface area (Å²) in [6.45, 7) is 2.24. The molecule has 0 radical (unpaired) electrons. The predicted octanol–water partition coefficient (Wildman–Crippen LogP) is 0.682. The molecule has 6 nitrogen and oxygen atoms in total. The summed E-state index contributed by atoms with van der Waals surface area (Å²) in [5.74, 6) is 0.894. The van der Waals surface area contributed by atoms with Gasteiger partial charge in [-0.15, -0.1) is 0 Å². The van der Waals surface area contributed by atoms with Gasteiger partial charge < -0.3 is 20.5 Å². The smallest absolute Gasteiger partial charge is 0.118 e. The zero-order chi connectivity index (χ0) is 16.1. The van der Waals surface area contributed by atoms with E-state index < -0.39 is 5.54 Å². The Morgan fingerprint density at radius 2 is 2.17 bits per heavy atom. The zero-order valence-corrected chi connectivity index (χ0v) is 13.2. The van der Waals surface area contributed by atoms with Gasteiger partial charge in [-0.2, -0.15) is 0 Å². The van der Waals surface area contributed by atoms with Gasteiger partial charge in [0.1, 0.15) is 5.75 Å². The minimum atomic E-state index is -0.414. The zero-order valence-electron chi connectivity index (χ0n) is 13.2. The van der Waals surface area contributed by atoms with Gasteiger partial charge >= 0.3 is 0 Å². The molecule has 1 aromatic heterocycles. The normalized spacial score (nSPS) is 23.8. The van der Waals surface area contributed by atoms with Crippen molar-refractivity contribution >= 4 is 0 Å². The number of hydrogen-bond donors (Lipinski definition) is 3. The third-order valence-corrected chi connectivity index (χ3v) is 4.50. The molecule has 0 amide bonds. The number of rotatable bonds is 6. The summed E-state index contributed by atoms with van der Waals surface area (Å²) in [6.07, 6.45) is 5.13. The van der Waals surface area contributed by atoms with Gasteiger partial charge in [0.2, 0.25) is 0 Å². The fraction of sp³-hybridized carbons (Fsp3) is 0.412. The van der Waals surface area contributed by atoms with E-state index in [1.54, 1.807) is 25.7 Å². The van der Waals surface area contributed by atoms with E-state index in [0.717, 1.165) is 23.6 Å². The maximum Gasteiger partial charge on any atom is 0.118 e. The predicted molar refractivity (Wildman–Crippen MR) is 87.0 cm³/mol. The van der Waals surface area contributed by atoms with Crippen LogP contribution in [0.2, 0.25) is 0 Å². The lowest BCUT2D eigenvalue weighted by Gasteiger charge is -2.34. The summed E-state index contributed by atoms with van der Waals surface area (Å²) in [5.41, 5.74) is 1.60. The van der Waals surface area contributed by atoms with E-state index in [9.17, 15) is 5.11 Å². The van der Waals surface area contributed by atoms with E-state index in [1.165, 1.54) is 0 Å². The van der Waals surface area contributed by atoms with Gasteiger partial charge in [-0.05, 0) is 17.7 Å². The number of aliphatic hydroxyl groups is 1. The van der Waals surface area contributed by atoms with Gasteiger partial charge in [0.15, 0.2) is 0 Å². The van der Waals surface area contributed by atoms with Crippen LogP contribution in [0, 0.1) is 5.92 Å². The van der Waals surface area contributed by atoms with Crippen LogP contribution in [0.1, 0.15) is 11.3 Å². The topological polar surface area (TPSA) is 79.3 Å². The second-order valence-electron chi connectivity index (χ2n) is 5.77. The summed E-state index contributed by atoms with van der Waals surface area (Å²) in [5, 5.41) is 16.7. The number of nitrogens with one attached hydrogen (secondary N) is 2. The maximum absolute atomic E-state index is 9.78. The van der Waals surface area contributed by atoms with E-state index >= 15 is 0 Å². The second-order valence-corrected chi connectivity index (χ2v) is 5.77. The van der Waals surface area contributed by atoms with Crippen LogP contribution in [0.25, 0.3) is 0 Å². The van der Waals surface area contributed by atoms with Crippen LogP contribution >= 0.6 is 0 Å². The Balaban J connectivity index is 1.82. The second kappa shape index (κ2) is 7.04. The molecule has 3 N–H and O–H groups in total. The standard InChI is InChI=1S/C17H22N4O2/c1-23-15-4-2-13(3-5-15)8-21-17(12-19-9-14(17)11-22)16-10-18-6-7-20-16/h2-7,10,14,19,21-22H,8-9,11-12H2,1H3. The van der Waals surface area contributed by atoms with E-state index in [0.29, 0.717) is 13.1 Å². The number of ether oxygens (including phenoxy) is 1. The third-order valence-electron chi connectivity index (χ3n) is 4.50. The van der Waals surface area contributed by atoms with E-state index in [-0.39, 0.29) is 12.5 Å². The van der Waals surface area contributed by atoms with Crippen LogP contribution in [0.5, 0.6) is 5.75 Å². The molecule has 3 rings (SSSR count). The van der Waals surface area contributed by atoms with E-state index in [4.69, 9.17) is 4.74 Å². The fourth-order valence-electron chi connectivity index (χ4n) is 3.11. The minimum absolute atomic E-state index is 0.0532. The Hall–Kier alpha value is -2.02. The molecular formula is C17H22N4O2. The van der Waals surface area contributed by atoms with Crippen molar-refractivity contribution in [1.82, 2.24) is 20.6 Å². The van der Waals surface area contributed by atoms with Gasteiger partial charge in [-0.25, -0.2) is 0 Å². The molecule has 2 aromatic rings. The number of nitrogens with zero attached hydrogens (tertiary/aromatic N) is 2. The first-order chi connectivity index (χ1) is 11.3. The molecule has 1 fully saturated rings. The average molecular weight is 314 g/mol. The molecule has 1 saturated heterocycles. The maximum atomic E-state index is 9.78. The summed E-state index contributed by atoms with van der Waals surface area (Å²) in [7, 11) is 1.66. The van der Waals surface area contributed by atoms with Gasteiger partial charge in [0, 0.05) is 44.6 Å². The van der Waals surface area contributed by atoms with E-state index in [2.05, 4.69) is 20.6 Å². The van der Waals surface area contributed by atoms with Crippen molar-refractivity contribution < 1.29 is 9.84 Å². The first kappa shape index (κ1) is 15.9. The lowest BCUT2D eigenvalue weighted by Crippen LogP contribution is -2.50. The van der Waals surface area contributed by atoms with Crippen molar-refractivity contribution in [1.29, 1.82) is 0 Å². The number of aliphatic hydroxyl groups excluding tert-OH is 1. The molecule has 0 aliphatic carbocycles. The van der Waals surface area contributed by atoms with Crippen LogP contribution < -0.4 is 15.4 Å². The lowest BCUT2D eigenvalue weighted by atomic mass is 9.84. The minimum Gasteiger partial charge on any atom is -0.497 e. The Morgan fingerprint density at radius 3 is 2.83 bits per heavy atom. The van der Waals surface area contributed by atoms with Crippen LogP contribution in [0.15, 0.2) is 42.9 Å². The van der Waals surface area contributed by atoms with Gasteiger partial charge in [0.25, 0.3) is 0 Å². The Bertz CT molecular complexity index is 620. The number of aromatic nitrogens is 2. The SMILES string of the molecule is COc1ccc(CNC2(c3cnccn3)CNCC2CO)cc1. The van der Waals surface area contributed by atoms with Gasteiger partial charge in [0.05, 0.1) is 24.5 Å². The van der Waals surface area contributed by atoms with Crippen molar-refractivity contribution in [3.05, 3.63) is 54.1 Å². The molecule has 6 heteroatoms. The highest BCUT2D eigenvalue weighted by molar-refractivity contribution is 5.28. The Labute approximate surface area is 135 Å². The first-order valence-corrected chi connectivity index (χ1v) is 7.74. The number of methoxy groups -OCH3 is 1. The average Bonchev–Trinajstić information content (AvgIpc) is 3.05. The fourth-order valence-corrected chi connectivity index (χ4v) is 3.11. The monoisotopic (exact) mass is 314 g/mol. The van der Waals surface area contributed by atoms with Crippen molar-refractivity contribution in [2.45, 2.75) is 12.1 Å². The highest BCUT2D eigenvalue weighted by Gasteiger charge is 2.45. The molecule has 1 aliphatic rings. The molecule has 0 bridgehead atoms. The lowest BCUT2D eigenvalue weighted by molar-refractivity contribution is 0.156. The molecule has 23 heavy (non-hydrogen) atoms. The molecule has 1 aliphatic heterocycles. The molecule has 0 saturated carbocycles. The third kappa shape index (κ3) is 3.19. The molecule has 1 aromatic carbocycles. The molecular weight excluding hydrogens is 292 g/mol.